The van der Waals surface area contributed by atoms with E-state index in [-0.39, 0.29) is 17.8 Å². The Labute approximate surface area is 171 Å². The average molecular weight is 403 g/mol. The van der Waals surface area contributed by atoms with Gasteiger partial charge in [0, 0.05) is 24.3 Å². The van der Waals surface area contributed by atoms with Crippen LogP contribution < -0.4 is 5.56 Å². The van der Waals surface area contributed by atoms with Crippen molar-refractivity contribution in [2.24, 2.45) is 0 Å². The molecule has 0 radical (unpaired) electrons. The number of nitriles is 1. The van der Waals surface area contributed by atoms with Crippen molar-refractivity contribution in [1.29, 1.82) is 5.26 Å². The molecule has 2 heterocycles. The molecule has 2 aromatic carbocycles. The van der Waals surface area contributed by atoms with Gasteiger partial charge in [-0.25, -0.2) is 9.37 Å². The van der Waals surface area contributed by atoms with Gasteiger partial charge in [0.05, 0.1) is 11.5 Å². The zero-order chi connectivity index (χ0) is 20.2. The van der Waals surface area contributed by atoms with Crippen molar-refractivity contribution >= 4 is 21.6 Å². The van der Waals surface area contributed by atoms with Crippen molar-refractivity contribution in [3.05, 3.63) is 88.2 Å². The smallest absolute Gasteiger partial charge is 0.262 e. The number of halogens is 1. The zero-order valence-electron chi connectivity index (χ0n) is 15.6. The molecular weight excluding hydrogens is 385 g/mol. The fourth-order valence-corrected chi connectivity index (χ4v) is 4.34. The van der Waals surface area contributed by atoms with Crippen LogP contribution in [0.4, 0.5) is 4.39 Å². The summed E-state index contributed by atoms with van der Waals surface area (Å²) in [6, 6.07) is 20.4. The molecule has 0 saturated heterocycles. The Balaban J connectivity index is 1.83. The minimum absolute atomic E-state index is 0.141. The summed E-state index contributed by atoms with van der Waals surface area (Å²) >= 11 is 1.46. The van der Waals surface area contributed by atoms with E-state index < -0.39 is 0 Å². The predicted molar refractivity (Wildman–Crippen MR) is 113 cm³/mol. The van der Waals surface area contributed by atoms with Crippen LogP contribution >= 0.6 is 11.3 Å². The summed E-state index contributed by atoms with van der Waals surface area (Å²) in [5, 5.41) is 9.41. The number of aromatic nitrogens is 2. The first-order valence-electron chi connectivity index (χ1n) is 9.36. The Morgan fingerprint density at radius 2 is 1.86 bits per heavy atom. The quantitative estimate of drug-likeness (QED) is 0.418. The van der Waals surface area contributed by atoms with Crippen LogP contribution in [0.2, 0.25) is 0 Å². The van der Waals surface area contributed by atoms with Gasteiger partial charge < -0.3 is 0 Å². The zero-order valence-corrected chi connectivity index (χ0v) is 16.5. The van der Waals surface area contributed by atoms with Gasteiger partial charge in [-0.1, -0.05) is 48.5 Å². The summed E-state index contributed by atoms with van der Waals surface area (Å²) in [5.41, 5.74) is 1.38. The Morgan fingerprint density at radius 1 is 1.10 bits per heavy atom. The summed E-state index contributed by atoms with van der Waals surface area (Å²) < 4.78 is 15.8. The lowest BCUT2D eigenvalue weighted by Gasteiger charge is -2.12. The molecule has 144 valence electrons. The third-order valence-electron chi connectivity index (χ3n) is 4.77. The van der Waals surface area contributed by atoms with Gasteiger partial charge in [-0.2, -0.15) is 5.26 Å². The van der Waals surface area contributed by atoms with E-state index in [9.17, 15) is 9.18 Å². The number of rotatable bonds is 6. The number of hydrogen-bond acceptors (Lipinski definition) is 4. The molecule has 4 aromatic rings. The van der Waals surface area contributed by atoms with Crippen LogP contribution in [0, 0.1) is 17.1 Å². The molecule has 4 rings (SSSR count). The Kier molecular flexibility index (Phi) is 5.50. The van der Waals surface area contributed by atoms with E-state index in [0.29, 0.717) is 41.0 Å². The van der Waals surface area contributed by atoms with E-state index in [2.05, 4.69) is 6.07 Å². The fraction of sp³-hybridized carbons (Fsp3) is 0.174. The minimum Gasteiger partial charge on any atom is -0.296 e. The van der Waals surface area contributed by atoms with Gasteiger partial charge in [-0.3, -0.25) is 9.36 Å². The summed E-state index contributed by atoms with van der Waals surface area (Å²) in [4.78, 5) is 19.6. The van der Waals surface area contributed by atoms with Gasteiger partial charge >= 0.3 is 0 Å². The van der Waals surface area contributed by atoms with E-state index >= 15 is 0 Å². The lowest BCUT2D eigenvalue weighted by molar-refractivity contribution is 0.582. The number of thiophene rings is 1. The van der Waals surface area contributed by atoms with Crippen LogP contribution in [-0.2, 0) is 13.0 Å². The van der Waals surface area contributed by atoms with Crippen molar-refractivity contribution in [3.63, 3.8) is 0 Å². The molecule has 4 nitrogen and oxygen atoms in total. The van der Waals surface area contributed by atoms with E-state index in [1.807, 2.05) is 36.4 Å². The van der Waals surface area contributed by atoms with Gasteiger partial charge in [0.15, 0.2) is 0 Å². The van der Waals surface area contributed by atoms with E-state index in [4.69, 9.17) is 10.2 Å². The summed E-state index contributed by atoms with van der Waals surface area (Å²) in [5.74, 6) is 0.202. The number of fused-ring (bicyclic) bond motifs is 1. The van der Waals surface area contributed by atoms with Crippen LogP contribution in [0.1, 0.15) is 24.2 Å². The molecule has 0 saturated carbocycles. The highest BCUT2D eigenvalue weighted by Crippen LogP contribution is 2.31. The van der Waals surface area contributed by atoms with Crippen molar-refractivity contribution in [1.82, 2.24) is 9.55 Å². The second-order valence-electron chi connectivity index (χ2n) is 6.71. The van der Waals surface area contributed by atoms with E-state index in [1.54, 1.807) is 22.8 Å². The largest absolute Gasteiger partial charge is 0.296 e. The third-order valence-corrected chi connectivity index (χ3v) is 5.84. The first kappa shape index (κ1) is 19.0. The summed E-state index contributed by atoms with van der Waals surface area (Å²) in [6.07, 6.45) is 1.12. The molecule has 0 atom stereocenters. The van der Waals surface area contributed by atoms with Crippen molar-refractivity contribution in [2.75, 3.05) is 0 Å². The lowest BCUT2D eigenvalue weighted by atomic mass is 10.1. The van der Waals surface area contributed by atoms with Crippen molar-refractivity contribution in [2.45, 2.75) is 25.8 Å². The van der Waals surface area contributed by atoms with Crippen LogP contribution in [-0.4, -0.2) is 9.55 Å². The minimum atomic E-state index is -0.318. The average Bonchev–Trinajstić information content (AvgIpc) is 3.17. The van der Waals surface area contributed by atoms with Crippen LogP contribution in [0.5, 0.6) is 0 Å². The van der Waals surface area contributed by atoms with Crippen molar-refractivity contribution in [3.8, 4) is 16.5 Å². The third kappa shape index (κ3) is 3.96. The molecule has 29 heavy (non-hydrogen) atoms. The second kappa shape index (κ2) is 8.38. The molecule has 0 aliphatic rings. The van der Waals surface area contributed by atoms with Gasteiger partial charge in [-0.05, 0) is 29.7 Å². The number of unbranched alkanes of at least 4 members (excludes halogenated alkanes) is 1. The Morgan fingerprint density at radius 3 is 2.62 bits per heavy atom. The molecule has 0 aliphatic heterocycles. The highest BCUT2D eigenvalue weighted by atomic mass is 32.1. The van der Waals surface area contributed by atoms with Crippen molar-refractivity contribution < 1.29 is 4.39 Å². The van der Waals surface area contributed by atoms with E-state index in [0.717, 1.165) is 10.4 Å². The lowest BCUT2D eigenvalue weighted by Crippen LogP contribution is -2.25. The molecular formula is C23H18FN3OS. The van der Waals surface area contributed by atoms with Gasteiger partial charge in [0.25, 0.3) is 5.56 Å². The normalized spacial score (nSPS) is 10.9. The maximum absolute atomic E-state index is 14.2. The SMILES string of the molecule is N#CCCCn1c(Cc2ccccc2F)nc2sc(-c3ccccc3)cc2c1=O. The Hall–Kier alpha value is -3.30. The maximum atomic E-state index is 14.2. The molecule has 0 unspecified atom stereocenters. The molecule has 6 heteroatoms. The van der Waals surface area contributed by atoms with Gasteiger partial charge in [-0.15, -0.1) is 11.3 Å². The molecule has 0 aliphatic carbocycles. The first-order chi connectivity index (χ1) is 14.2. The highest BCUT2D eigenvalue weighted by Gasteiger charge is 2.16. The fourth-order valence-electron chi connectivity index (χ4n) is 3.30. The summed E-state index contributed by atoms with van der Waals surface area (Å²) in [7, 11) is 0. The van der Waals surface area contributed by atoms with E-state index in [1.165, 1.54) is 17.4 Å². The molecule has 0 bridgehead atoms. The summed E-state index contributed by atoms with van der Waals surface area (Å²) in [6.45, 7) is 0.385. The van der Waals surface area contributed by atoms with Gasteiger partial charge in [0.2, 0.25) is 0 Å². The first-order valence-corrected chi connectivity index (χ1v) is 10.2. The molecule has 2 aromatic heterocycles. The van der Waals surface area contributed by atoms with Crippen LogP contribution in [0.3, 0.4) is 0 Å². The topological polar surface area (TPSA) is 58.7 Å². The standard InChI is InChI=1S/C23H18FN3OS/c24-19-11-5-4-10-17(19)14-21-26-22-18(23(28)27(21)13-7-6-12-25)15-20(29-22)16-8-2-1-3-9-16/h1-5,8-11,15H,6-7,13-14H2. The molecule has 0 spiro atoms. The Bertz CT molecular complexity index is 1250. The predicted octanol–water partition coefficient (Wildman–Crippen LogP) is 5.16. The molecule has 0 amide bonds. The monoisotopic (exact) mass is 403 g/mol. The second-order valence-corrected chi connectivity index (χ2v) is 7.74. The highest BCUT2D eigenvalue weighted by molar-refractivity contribution is 7.21. The molecule has 0 fully saturated rings. The van der Waals surface area contributed by atoms with Gasteiger partial charge in [0.1, 0.15) is 16.5 Å². The number of nitrogens with zero attached hydrogens (tertiary/aromatic N) is 3. The van der Waals surface area contributed by atoms with Crippen LogP contribution in [0.25, 0.3) is 20.7 Å². The maximum Gasteiger partial charge on any atom is 0.262 e. The van der Waals surface area contributed by atoms with Crippen LogP contribution in [0.15, 0.2) is 65.5 Å². The molecule has 0 N–H and O–H groups in total. The number of benzene rings is 2. The number of hydrogen-bond donors (Lipinski definition) is 0.